The molecule has 0 bridgehead atoms. The molecule has 1 aliphatic heterocycles. The van der Waals surface area contributed by atoms with Crippen molar-refractivity contribution in [3.63, 3.8) is 0 Å². The lowest BCUT2D eigenvalue weighted by Crippen LogP contribution is -2.15. The van der Waals surface area contributed by atoms with Gasteiger partial charge in [-0.25, -0.2) is 0 Å². The molecule has 1 rings (SSSR count). The minimum atomic E-state index is 0.708. The van der Waals surface area contributed by atoms with Crippen LogP contribution in [0.1, 0.15) is 6.42 Å². The van der Waals surface area contributed by atoms with Gasteiger partial charge in [0.1, 0.15) is 0 Å². The van der Waals surface area contributed by atoms with Gasteiger partial charge in [-0.15, -0.1) is 0 Å². The first-order chi connectivity index (χ1) is 5.43. The Balaban J connectivity index is 1.86. The summed E-state index contributed by atoms with van der Waals surface area (Å²) >= 11 is 0. The standard InChI is InChI=1S/C8H17NO2/c1-10-4-5-11-7-8-2-3-9-6-8/h8-9H,2-7H2,1H3/t8-/m0/s1. The van der Waals surface area contributed by atoms with E-state index in [4.69, 9.17) is 9.47 Å². The lowest BCUT2D eigenvalue weighted by atomic mass is 10.1. The van der Waals surface area contributed by atoms with Crippen LogP contribution in [0, 0.1) is 5.92 Å². The van der Waals surface area contributed by atoms with Crippen molar-refractivity contribution in [1.29, 1.82) is 0 Å². The Hall–Kier alpha value is -0.120. The maximum atomic E-state index is 5.39. The summed E-state index contributed by atoms with van der Waals surface area (Å²) in [6, 6.07) is 0. The van der Waals surface area contributed by atoms with Crippen molar-refractivity contribution in [2.75, 3.05) is 40.0 Å². The first-order valence-corrected chi connectivity index (χ1v) is 4.21. The van der Waals surface area contributed by atoms with Crippen molar-refractivity contribution in [3.8, 4) is 0 Å². The van der Waals surface area contributed by atoms with Gasteiger partial charge in [-0.05, 0) is 18.9 Å². The molecule has 0 saturated carbocycles. The second-order valence-electron chi connectivity index (χ2n) is 2.93. The Bertz CT molecular complexity index is 92.1. The van der Waals surface area contributed by atoms with E-state index in [-0.39, 0.29) is 0 Å². The molecule has 3 heteroatoms. The molecule has 1 N–H and O–H groups in total. The van der Waals surface area contributed by atoms with Crippen LogP contribution in [0.4, 0.5) is 0 Å². The van der Waals surface area contributed by atoms with Crippen molar-refractivity contribution in [2.45, 2.75) is 6.42 Å². The van der Waals surface area contributed by atoms with Gasteiger partial charge in [0.05, 0.1) is 19.8 Å². The van der Waals surface area contributed by atoms with Gasteiger partial charge in [0.2, 0.25) is 0 Å². The van der Waals surface area contributed by atoms with Crippen LogP contribution in [-0.2, 0) is 9.47 Å². The normalized spacial score (nSPS) is 24.3. The van der Waals surface area contributed by atoms with E-state index in [1.165, 1.54) is 6.42 Å². The number of nitrogens with one attached hydrogen (secondary N) is 1. The summed E-state index contributed by atoms with van der Waals surface area (Å²) in [5.41, 5.74) is 0. The topological polar surface area (TPSA) is 30.5 Å². The van der Waals surface area contributed by atoms with Gasteiger partial charge >= 0.3 is 0 Å². The highest BCUT2D eigenvalue weighted by Gasteiger charge is 2.13. The smallest absolute Gasteiger partial charge is 0.0700 e. The third-order valence-corrected chi connectivity index (χ3v) is 1.95. The predicted octanol–water partition coefficient (Wildman–Crippen LogP) is 0.259. The molecule has 1 aliphatic rings. The third-order valence-electron chi connectivity index (χ3n) is 1.95. The van der Waals surface area contributed by atoms with Gasteiger partial charge in [-0.3, -0.25) is 0 Å². The fourth-order valence-corrected chi connectivity index (χ4v) is 1.25. The molecular weight excluding hydrogens is 142 g/mol. The van der Waals surface area contributed by atoms with E-state index in [2.05, 4.69) is 5.32 Å². The molecule has 1 heterocycles. The van der Waals surface area contributed by atoms with Gasteiger partial charge in [0.25, 0.3) is 0 Å². The van der Waals surface area contributed by atoms with Crippen LogP contribution < -0.4 is 5.32 Å². The largest absolute Gasteiger partial charge is 0.382 e. The van der Waals surface area contributed by atoms with Crippen LogP contribution in [-0.4, -0.2) is 40.0 Å². The van der Waals surface area contributed by atoms with Gasteiger partial charge in [0.15, 0.2) is 0 Å². The molecule has 1 atom stereocenters. The van der Waals surface area contributed by atoms with E-state index < -0.39 is 0 Å². The summed E-state index contributed by atoms with van der Waals surface area (Å²) in [6.07, 6.45) is 1.26. The zero-order chi connectivity index (χ0) is 7.94. The minimum absolute atomic E-state index is 0.708. The maximum absolute atomic E-state index is 5.39. The molecule has 66 valence electrons. The molecular formula is C8H17NO2. The Labute approximate surface area is 68.1 Å². The predicted molar refractivity (Wildman–Crippen MR) is 43.7 cm³/mol. The maximum Gasteiger partial charge on any atom is 0.0700 e. The molecule has 0 aromatic rings. The van der Waals surface area contributed by atoms with Crippen molar-refractivity contribution < 1.29 is 9.47 Å². The SMILES string of the molecule is COCCOC[C@H]1CCNC1. The van der Waals surface area contributed by atoms with Crippen molar-refractivity contribution in [1.82, 2.24) is 5.32 Å². The third kappa shape index (κ3) is 3.70. The summed E-state index contributed by atoms with van der Waals surface area (Å²) in [7, 11) is 1.69. The van der Waals surface area contributed by atoms with E-state index >= 15 is 0 Å². The molecule has 0 aromatic carbocycles. The molecule has 0 aromatic heterocycles. The van der Waals surface area contributed by atoms with E-state index in [0.29, 0.717) is 6.61 Å². The second-order valence-corrected chi connectivity index (χ2v) is 2.93. The quantitative estimate of drug-likeness (QED) is 0.584. The molecule has 1 saturated heterocycles. The Morgan fingerprint density at radius 2 is 2.36 bits per heavy atom. The zero-order valence-corrected chi connectivity index (χ0v) is 7.14. The second kappa shape index (κ2) is 5.52. The van der Waals surface area contributed by atoms with Crippen LogP contribution in [0.3, 0.4) is 0 Å². The fourth-order valence-electron chi connectivity index (χ4n) is 1.25. The molecule has 1 fully saturated rings. The minimum Gasteiger partial charge on any atom is -0.382 e. The van der Waals surface area contributed by atoms with Gasteiger partial charge in [0, 0.05) is 13.7 Å². The average Bonchev–Trinajstić information content (AvgIpc) is 2.50. The van der Waals surface area contributed by atoms with Crippen LogP contribution in [0.2, 0.25) is 0 Å². The molecule has 3 nitrogen and oxygen atoms in total. The van der Waals surface area contributed by atoms with Crippen LogP contribution >= 0.6 is 0 Å². The van der Waals surface area contributed by atoms with Crippen LogP contribution in [0.5, 0.6) is 0 Å². The highest BCUT2D eigenvalue weighted by Crippen LogP contribution is 2.06. The highest BCUT2D eigenvalue weighted by atomic mass is 16.5. The average molecular weight is 159 g/mol. The van der Waals surface area contributed by atoms with Gasteiger partial charge in [-0.1, -0.05) is 0 Å². The molecule has 0 spiro atoms. The molecule has 0 aliphatic carbocycles. The Kier molecular flexibility index (Phi) is 4.50. The lowest BCUT2D eigenvalue weighted by molar-refractivity contribution is 0.0546. The van der Waals surface area contributed by atoms with E-state index in [9.17, 15) is 0 Å². The lowest BCUT2D eigenvalue weighted by Gasteiger charge is -2.08. The number of rotatable bonds is 5. The monoisotopic (exact) mass is 159 g/mol. The summed E-state index contributed by atoms with van der Waals surface area (Å²) in [5, 5.41) is 3.30. The number of methoxy groups -OCH3 is 1. The molecule has 0 unspecified atom stereocenters. The summed E-state index contributed by atoms with van der Waals surface area (Å²) in [4.78, 5) is 0. The number of hydrogen-bond donors (Lipinski definition) is 1. The molecule has 0 radical (unpaired) electrons. The zero-order valence-electron chi connectivity index (χ0n) is 7.14. The fraction of sp³-hybridized carbons (Fsp3) is 1.00. The van der Waals surface area contributed by atoms with Crippen LogP contribution in [0.15, 0.2) is 0 Å². The van der Waals surface area contributed by atoms with E-state index in [1.54, 1.807) is 7.11 Å². The number of ether oxygens (including phenoxy) is 2. The highest BCUT2D eigenvalue weighted by molar-refractivity contribution is 4.69. The first kappa shape index (κ1) is 8.97. The van der Waals surface area contributed by atoms with E-state index in [0.717, 1.165) is 32.2 Å². The van der Waals surface area contributed by atoms with Gasteiger partial charge < -0.3 is 14.8 Å². The molecule has 11 heavy (non-hydrogen) atoms. The molecule has 0 amide bonds. The van der Waals surface area contributed by atoms with Crippen molar-refractivity contribution >= 4 is 0 Å². The summed E-state index contributed by atoms with van der Waals surface area (Å²) in [6.45, 7) is 4.59. The Morgan fingerprint density at radius 3 is 3.00 bits per heavy atom. The number of hydrogen-bond acceptors (Lipinski definition) is 3. The van der Waals surface area contributed by atoms with E-state index in [1.807, 2.05) is 0 Å². The Morgan fingerprint density at radius 1 is 1.45 bits per heavy atom. The van der Waals surface area contributed by atoms with Gasteiger partial charge in [-0.2, -0.15) is 0 Å². The van der Waals surface area contributed by atoms with Crippen molar-refractivity contribution in [3.05, 3.63) is 0 Å². The van der Waals surface area contributed by atoms with Crippen LogP contribution in [0.25, 0.3) is 0 Å². The summed E-state index contributed by atoms with van der Waals surface area (Å²) < 4.78 is 10.3. The summed E-state index contributed by atoms with van der Waals surface area (Å²) in [5.74, 6) is 0.729. The first-order valence-electron chi connectivity index (χ1n) is 4.21. The van der Waals surface area contributed by atoms with Crippen molar-refractivity contribution in [2.24, 2.45) is 5.92 Å².